The van der Waals surface area contributed by atoms with Gasteiger partial charge in [0.25, 0.3) is 0 Å². The van der Waals surface area contributed by atoms with Gasteiger partial charge in [-0.2, -0.15) is 0 Å². The van der Waals surface area contributed by atoms with Crippen LogP contribution in [-0.2, 0) is 6.42 Å². The van der Waals surface area contributed by atoms with Crippen LogP contribution < -0.4 is 0 Å². The summed E-state index contributed by atoms with van der Waals surface area (Å²) in [5.74, 6) is 0. The summed E-state index contributed by atoms with van der Waals surface area (Å²) in [6.45, 7) is 10.1. The van der Waals surface area contributed by atoms with Gasteiger partial charge >= 0.3 is 0 Å². The monoisotopic (exact) mass is 266 g/mol. The second-order valence-electron chi connectivity index (χ2n) is 5.19. The van der Waals surface area contributed by atoms with Gasteiger partial charge in [0.05, 0.1) is 0 Å². The molecule has 106 valence electrons. The third-order valence-corrected chi connectivity index (χ3v) is 3.54. The Morgan fingerprint density at radius 3 is 1.75 bits per heavy atom. The molecule has 0 N–H and O–H groups in total. The molecule has 0 unspecified atom stereocenters. The van der Waals surface area contributed by atoms with Gasteiger partial charge in [0.1, 0.15) is 0 Å². The average Bonchev–Trinajstić information content (AvgIpc) is 2.45. The SMILES string of the molecule is C=CCCCc1ccccc1C.Cc1ccccc1C. The van der Waals surface area contributed by atoms with Crippen molar-refractivity contribution >= 4 is 0 Å². The highest BCUT2D eigenvalue weighted by Gasteiger charge is 1.94. The topological polar surface area (TPSA) is 0 Å². The van der Waals surface area contributed by atoms with Crippen molar-refractivity contribution in [3.8, 4) is 0 Å². The Bertz CT molecular complexity index is 502. The third kappa shape index (κ3) is 5.88. The molecule has 2 aromatic carbocycles. The van der Waals surface area contributed by atoms with Gasteiger partial charge in [0, 0.05) is 0 Å². The fourth-order valence-corrected chi connectivity index (χ4v) is 1.99. The second-order valence-corrected chi connectivity index (χ2v) is 5.19. The number of rotatable bonds is 4. The maximum Gasteiger partial charge on any atom is -0.0273 e. The van der Waals surface area contributed by atoms with Crippen LogP contribution in [0.4, 0.5) is 0 Å². The minimum absolute atomic E-state index is 1.12. The fraction of sp³-hybridized carbons (Fsp3) is 0.300. The van der Waals surface area contributed by atoms with Crippen LogP contribution in [0.25, 0.3) is 0 Å². The van der Waals surface area contributed by atoms with Crippen molar-refractivity contribution in [1.29, 1.82) is 0 Å². The number of aryl methyl sites for hydroxylation is 4. The molecule has 0 amide bonds. The number of hydrogen-bond donors (Lipinski definition) is 0. The summed E-state index contributed by atoms with van der Waals surface area (Å²) in [6.07, 6.45) is 5.50. The molecule has 0 bridgehead atoms. The van der Waals surface area contributed by atoms with E-state index in [4.69, 9.17) is 0 Å². The quantitative estimate of drug-likeness (QED) is 0.484. The molecule has 0 nitrogen and oxygen atoms in total. The lowest BCUT2D eigenvalue weighted by atomic mass is 10.0. The first-order valence-electron chi connectivity index (χ1n) is 7.32. The Morgan fingerprint density at radius 2 is 1.30 bits per heavy atom. The van der Waals surface area contributed by atoms with Crippen LogP contribution in [0.1, 0.15) is 35.1 Å². The summed E-state index contributed by atoms with van der Waals surface area (Å²) in [5.41, 5.74) is 5.61. The third-order valence-electron chi connectivity index (χ3n) is 3.54. The molecule has 0 aliphatic rings. The summed E-state index contributed by atoms with van der Waals surface area (Å²) < 4.78 is 0. The van der Waals surface area contributed by atoms with E-state index in [2.05, 4.69) is 75.9 Å². The minimum Gasteiger partial charge on any atom is -0.103 e. The molecule has 0 fully saturated rings. The molecular formula is C20H26. The molecule has 0 heterocycles. The predicted octanol–water partition coefficient (Wildman–Crippen LogP) is 5.81. The molecule has 20 heavy (non-hydrogen) atoms. The van der Waals surface area contributed by atoms with Crippen LogP contribution >= 0.6 is 0 Å². The second kappa shape index (κ2) is 9.14. The van der Waals surface area contributed by atoms with Gasteiger partial charge in [0.15, 0.2) is 0 Å². The van der Waals surface area contributed by atoms with Crippen LogP contribution in [0.2, 0.25) is 0 Å². The molecule has 0 radical (unpaired) electrons. The van der Waals surface area contributed by atoms with E-state index >= 15 is 0 Å². The van der Waals surface area contributed by atoms with E-state index in [0.717, 1.165) is 6.42 Å². The lowest BCUT2D eigenvalue weighted by Crippen LogP contribution is -1.87. The lowest BCUT2D eigenvalue weighted by Gasteiger charge is -2.02. The van der Waals surface area contributed by atoms with Crippen LogP contribution in [0.5, 0.6) is 0 Å². The Labute approximate surface area is 124 Å². The van der Waals surface area contributed by atoms with E-state index in [1.54, 1.807) is 0 Å². The van der Waals surface area contributed by atoms with Gasteiger partial charge in [-0.25, -0.2) is 0 Å². The first-order chi connectivity index (χ1) is 9.65. The Kier molecular flexibility index (Phi) is 7.42. The van der Waals surface area contributed by atoms with E-state index in [-0.39, 0.29) is 0 Å². The van der Waals surface area contributed by atoms with Gasteiger partial charge in [-0.3, -0.25) is 0 Å². The molecule has 2 aromatic rings. The van der Waals surface area contributed by atoms with Crippen LogP contribution in [0.3, 0.4) is 0 Å². The molecule has 0 saturated carbocycles. The molecule has 2 rings (SSSR count). The van der Waals surface area contributed by atoms with Gasteiger partial charge in [-0.05, 0) is 62.3 Å². The molecular weight excluding hydrogens is 240 g/mol. The van der Waals surface area contributed by atoms with E-state index in [9.17, 15) is 0 Å². The highest BCUT2D eigenvalue weighted by atomic mass is 14.0. The van der Waals surface area contributed by atoms with E-state index in [0.29, 0.717) is 0 Å². The minimum atomic E-state index is 1.12. The fourth-order valence-electron chi connectivity index (χ4n) is 1.99. The highest BCUT2D eigenvalue weighted by molar-refractivity contribution is 5.25. The Morgan fingerprint density at radius 1 is 0.800 bits per heavy atom. The average molecular weight is 266 g/mol. The maximum absolute atomic E-state index is 3.71. The van der Waals surface area contributed by atoms with Gasteiger partial charge in [0.2, 0.25) is 0 Å². The van der Waals surface area contributed by atoms with E-state index in [1.807, 2.05) is 6.08 Å². The first kappa shape index (κ1) is 16.2. The molecule has 0 saturated heterocycles. The van der Waals surface area contributed by atoms with Crippen molar-refractivity contribution in [2.24, 2.45) is 0 Å². The van der Waals surface area contributed by atoms with Crippen molar-refractivity contribution in [2.75, 3.05) is 0 Å². The Balaban J connectivity index is 0.000000217. The first-order valence-corrected chi connectivity index (χ1v) is 7.32. The van der Waals surface area contributed by atoms with Crippen molar-refractivity contribution in [3.63, 3.8) is 0 Å². The van der Waals surface area contributed by atoms with Crippen LogP contribution in [-0.4, -0.2) is 0 Å². The van der Waals surface area contributed by atoms with E-state index in [1.165, 1.54) is 35.1 Å². The molecule has 0 aromatic heterocycles. The number of hydrogen-bond acceptors (Lipinski definition) is 0. The number of unbranched alkanes of at least 4 members (excludes halogenated alkanes) is 1. The van der Waals surface area contributed by atoms with E-state index < -0.39 is 0 Å². The maximum atomic E-state index is 3.71. The number of benzene rings is 2. The Hall–Kier alpha value is -1.82. The molecule has 0 spiro atoms. The summed E-state index contributed by atoms with van der Waals surface area (Å²) in [4.78, 5) is 0. The van der Waals surface area contributed by atoms with Crippen LogP contribution in [0.15, 0.2) is 61.2 Å². The zero-order valence-electron chi connectivity index (χ0n) is 13.0. The van der Waals surface area contributed by atoms with Crippen molar-refractivity contribution < 1.29 is 0 Å². The lowest BCUT2D eigenvalue weighted by molar-refractivity contribution is 0.839. The van der Waals surface area contributed by atoms with Gasteiger partial charge < -0.3 is 0 Å². The number of allylic oxidation sites excluding steroid dienone is 1. The molecule has 0 aliphatic heterocycles. The molecule has 0 atom stereocenters. The molecule has 0 aliphatic carbocycles. The zero-order valence-corrected chi connectivity index (χ0v) is 13.0. The normalized spacial score (nSPS) is 9.55. The summed E-state index contributed by atoms with van der Waals surface area (Å²) in [5, 5.41) is 0. The summed E-state index contributed by atoms with van der Waals surface area (Å²) >= 11 is 0. The zero-order chi connectivity index (χ0) is 14.8. The standard InChI is InChI=1S/C12H16.C8H10/c1-3-4-5-9-12-10-7-6-8-11(12)2;1-7-5-3-4-6-8(7)2/h3,6-8,10H,1,4-5,9H2,2H3;3-6H,1-2H3. The van der Waals surface area contributed by atoms with Crippen LogP contribution in [0, 0.1) is 20.8 Å². The summed E-state index contributed by atoms with van der Waals surface area (Å²) in [7, 11) is 0. The van der Waals surface area contributed by atoms with Crippen molar-refractivity contribution in [1.82, 2.24) is 0 Å². The van der Waals surface area contributed by atoms with Crippen molar-refractivity contribution in [3.05, 3.63) is 83.4 Å². The largest absolute Gasteiger partial charge is 0.103 e. The highest BCUT2D eigenvalue weighted by Crippen LogP contribution is 2.10. The summed E-state index contributed by atoms with van der Waals surface area (Å²) in [6, 6.07) is 16.9. The van der Waals surface area contributed by atoms with Crippen molar-refractivity contribution in [2.45, 2.75) is 40.0 Å². The smallest absolute Gasteiger partial charge is 0.0273 e. The predicted molar refractivity (Wildman–Crippen MR) is 90.2 cm³/mol. The molecule has 0 heteroatoms. The van der Waals surface area contributed by atoms with Gasteiger partial charge in [-0.1, -0.05) is 54.6 Å². The van der Waals surface area contributed by atoms with Gasteiger partial charge in [-0.15, -0.1) is 6.58 Å².